The Morgan fingerprint density at radius 2 is 1.80 bits per heavy atom. The van der Waals surface area contributed by atoms with E-state index in [0.29, 0.717) is 38.9 Å². The van der Waals surface area contributed by atoms with E-state index in [0.717, 1.165) is 11.6 Å². The molecule has 2 heterocycles. The Balaban J connectivity index is 1.51. The Hall–Kier alpha value is -5.05. The Morgan fingerprint density at radius 3 is 2.58 bits per heavy atom. The third-order valence-electron chi connectivity index (χ3n) is 6.63. The van der Waals surface area contributed by atoms with Gasteiger partial charge in [-0.2, -0.15) is 0 Å². The van der Waals surface area contributed by atoms with Crippen molar-refractivity contribution in [3.05, 3.63) is 119 Å². The van der Waals surface area contributed by atoms with Crippen LogP contribution in [0, 0.1) is 11.6 Å². The summed E-state index contributed by atoms with van der Waals surface area (Å²) in [6.07, 6.45) is 3.34. The van der Waals surface area contributed by atoms with Gasteiger partial charge in [0, 0.05) is 47.5 Å². The van der Waals surface area contributed by atoms with E-state index in [-0.39, 0.29) is 30.4 Å². The molecule has 40 heavy (non-hydrogen) atoms. The first-order chi connectivity index (χ1) is 19.3. The number of aromatic nitrogens is 2. The van der Waals surface area contributed by atoms with E-state index in [1.54, 1.807) is 61.9 Å². The minimum absolute atomic E-state index is 0.00815. The smallest absolute Gasteiger partial charge is 0.251 e. The summed E-state index contributed by atoms with van der Waals surface area (Å²) in [7, 11) is 1.54. The molecular formula is C31H26F2N4O3. The van der Waals surface area contributed by atoms with Crippen molar-refractivity contribution in [2.24, 2.45) is 0 Å². The average molecular weight is 541 g/mol. The predicted octanol–water partition coefficient (Wildman–Crippen LogP) is 5.22. The molecule has 0 spiro atoms. The summed E-state index contributed by atoms with van der Waals surface area (Å²) in [5.74, 6) is -1.97. The van der Waals surface area contributed by atoms with E-state index < -0.39 is 17.7 Å². The maximum absolute atomic E-state index is 14.1. The summed E-state index contributed by atoms with van der Waals surface area (Å²) in [4.78, 5) is 33.3. The molecule has 0 saturated heterocycles. The molecule has 0 saturated carbocycles. The quantitative estimate of drug-likeness (QED) is 0.217. The lowest BCUT2D eigenvalue weighted by Crippen LogP contribution is -2.32. The van der Waals surface area contributed by atoms with Crippen LogP contribution in [0.2, 0.25) is 0 Å². The summed E-state index contributed by atoms with van der Waals surface area (Å²) in [6.45, 7) is 0. The van der Waals surface area contributed by atoms with Crippen molar-refractivity contribution < 1.29 is 23.5 Å². The lowest BCUT2D eigenvalue weighted by molar-refractivity contribution is -0.121. The van der Waals surface area contributed by atoms with E-state index in [1.165, 1.54) is 12.1 Å². The van der Waals surface area contributed by atoms with E-state index in [2.05, 4.69) is 20.6 Å². The normalized spacial score (nSPS) is 11.8. The van der Waals surface area contributed by atoms with Gasteiger partial charge in [-0.15, -0.1) is 0 Å². The molecule has 202 valence electrons. The molecule has 4 N–H and O–H groups in total. The first-order valence-corrected chi connectivity index (χ1v) is 12.6. The molecular weight excluding hydrogens is 514 g/mol. The molecule has 5 rings (SSSR count). The van der Waals surface area contributed by atoms with Crippen molar-refractivity contribution in [1.29, 1.82) is 0 Å². The molecule has 1 atom stereocenters. The molecule has 7 nitrogen and oxygen atoms in total. The molecule has 3 aromatic carbocycles. The van der Waals surface area contributed by atoms with Gasteiger partial charge in [-0.1, -0.05) is 18.2 Å². The summed E-state index contributed by atoms with van der Waals surface area (Å²) < 4.78 is 28.1. The van der Waals surface area contributed by atoms with Gasteiger partial charge >= 0.3 is 0 Å². The first kappa shape index (κ1) is 26.6. The van der Waals surface area contributed by atoms with Gasteiger partial charge in [-0.3, -0.25) is 14.6 Å². The van der Waals surface area contributed by atoms with E-state index in [9.17, 15) is 23.5 Å². The van der Waals surface area contributed by atoms with E-state index in [4.69, 9.17) is 0 Å². The SMILES string of the molecule is CNC(=O)c1cccc(-c2cccnc2C(Cc2cc(F)cc(F)c2)NC(=O)Cc2c[nH]c3ccc(O)cc23)c1. The number of nitrogens with zero attached hydrogens (tertiary/aromatic N) is 1. The van der Waals surface area contributed by atoms with Gasteiger partial charge in [0.1, 0.15) is 17.4 Å². The highest BCUT2D eigenvalue weighted by Crippen LogP contribution is 2.30. The number of phenolic OH excluding ortho intramolecular Hbond substituents is 1. The number of fused-ring (bicyclic) bond motifs is 1. The molecule has 2 amide bonds. The number of halogens is 2. The molecule has 0 aliphatic heterocycles. The topological polar surface area (TPSA) is 107 Å². The van der Waals surface area contributed by atoms with Crippen molar-refractivity contribution in [2.75, 3.05) is 7.05 Å². The van der Waals surface area contributed by atoms with Gasteiger partial charge in [0.15, 0.2) is 0 Å². The number of phenols is 1. The Bertz CT molecular complexity index is 1700. The fourth-order valence-electron chi connectivity index (χ4n) is 4.82. The Kier molecular flexibility index (Phi) is 7.54. The zero-order valence-electron chi connectivity index (χ0n) is 21.5. The average Bonchev–Trinajstić information content (AvgIpc) is 3.33. The zero-order valence-corrected chi connectivity index (χ0v) is 21.5. The number of nitrogens with one attached hydrogen (secondary N) is 3. The van der Waals surface area contributed by atoms with Crippen LogP contribution in [-0.2, 0) is 17.6 Å². The van der Waals surface area contributed by atoms with Crippen molar-refractivity contribution in [3.63, 3.8) is 0 Å². The standard InChI is InChI=1S/C31H26F2N4O3/c1-34-31(40)20-5-2-4-19(13-20)25-6-3-9-35-30(25)28(12-18-10-22(32)15-23(33)11-18)37-29(39)14-21-17-36-27-8-7-24(38)16-26(21)27/h2-11,13,15-17,28,36,38H,12,14H2,1H3,(H,34,40)(H,37,39). The number of pyridine rings is 1. The van der Waals surface area contributed by atoms with Gasteiger partial charge in [0.2, 0.25) is 5.91 Å². The number of carbonyl (C=O) groups excluding carboxylic acids is 2. The number of aromatic amines is 1. The van der Waals surface area contributed by atoms with Crippen molar-refractivity contribution in [1.82, 2.24) is 20.6 Å². The van der Waals surface area contributed by atoms with Gasteiger partial charge in [0.25, 0.3) is 5.91 Å². The van der Waals surface area contributed by atoms with Crippen LogP contribution in [0.4, 0.5) is 8.78 Å². The van der Waals surface area contributed by atoms with Crippen LogP contribution in [0.25, 0.3) is 22.0 Å². The number of benzene rings is 3. The predicted molar refractivity (Wildman–Crippen MR) is 148 cm³/mol. The molecule has 1 unspecified atom stereocenters. The van der Waals surface area contributed by atoms with Crippen LogP contribution in [0.5, 0.6) is 5.75 Å². The number of rotatable bonds is 8. The van der Waals surface area contributed by atoms with Crippen LogP contribution in [-0.4, -0.2) is 33.9 Å². The third kappa shape index (κ3) is 5.83. The summed E-state index contributed by atoms with van der Waals surface area (Å²) in [5, 5.41) is 16.2. The molecule has 0 aliphatic carbocycles. The fourth-order valence-corrected chi connectivity index (χ4v) is 4.82. The minimum Gasteiger partial charge on any atom is -0.508 e. The summed E-state index contributed by atoms with van der Waals surface area (Å²) in [6, 6.07) is 17.9. The highest BCUT2D eigenvalue weighted by atomic mass is 19.1. The van der Waals surface area contributed by atoms with Crippen molar-refractivity contribution in [3.8, 4) is 16.9 Å². The number of hydrogen-bond acceptors (Lipinski definition) is 4. The van der Waals surface area contributed by atoms with Gasteiger partial charge in [-0.05, 0) is 71.6 Å². The summed E-state index contributed by atoms with van der Waals surface area (Å²) >= 11 is 0. The minimum atomic E-state index is -0.757. The monoisotopic (exact) mass is 540 g/mol. The molecule has 0 aliphatic rings. The second kappa shape index (κ2) is 11.4. The van der Waals surface area contributed by atoms with Crippen LogP contribution in [0.15, 0.2) is 85.2 Å². The second-order valence-corrected chi connectivity index (χ2v) is 9.42. The maximum Gasteiger partial charge on any atom is 0.251 e. The van der Waals surface area contributed by atoms with E-state index >= 15 is 0 Å². The Morgan fingerprint density at radius 1 is 1.00 bits per heavy atom. The van der Waals surface area contributed by atoms with Gasteiger partial charge in [-0.25, -0.2) is 8.78 Å². The zero-order chi connectivity index (χ0) is 28.2. The van der Waals surface area contributed by atoms with Crippen LogP contribution in [0.3, 0.4) is 0 Å². The fraction of sp³-hybridized carbons (Fsp3) is 0.129. The van der Waals surface area contributed by atoms with Gasteiger partial charge in [0.05, 0.1) is 18.2 Å². The highest BCUT2D eigenvalue weighted by Gasteiger charge is 2.22. The number of amides is 2. The van der Waals surface area contributed by atoms with Crippen LogP contribution < -0.4 is 10.6 Å². The molecule has 5 aromatic rings. The van der Waals surface area contributed by atoms with Gasteiger partial charge < -0.3 is 20.7 Å². The van der Waals surface area contributed by atoms with Crippen LogP contribution in [0.1, 0.15) is 33.2 Å². The molecule has 2 aromatic heterocycles. The summed E-state index contributed by atoms with van der Waals surface area (Å²) in [5.41, 5.74) is 4.08. The lowest BCUT2D eigenvalue weighted by Gasteiger charge is -2.22. The molecule has 9 heteroatoms. The molecule has 0 radical (unpaired) electrons. The maximum atomic E-state index is 14.1. The largest absolute Gasteiger partial charge is 0.508 e. The Labute approximate surface area is 228 Å². The number of H-pyrrole nitrogens is 1. The number of aromatic hydroxyl groups is 1. The molecule has 0 fully saturated rings. The highest BCUT2D eigenvalue weighted by molar-refractivity contribution is 5.95. The molecule has 0 bridgehead atoms. The number of carbonyl (C=O) groups is 2. The lowest BCUT2D eigenvalue weighted by atomic mass is 9.94. The van der Waals surface area contributed by atoms with Crippen molar-refractivity contribution >= 4 is 22.7 Å². The van der Waals surface area contributed by atoms with Crippen molar-refractivity contribution in [2.45, 2.75) is 18.9 Å². The first-order valence-electron chi connectivity index (χ1n) is 12.6. The third-order valence-corrected chi connectivity index (χ3v) is 6.63. The van der Waals surface area contributed by atoms with E-state index in [1.807, 2.05) is 12.1 Å². The second-order valence-electron chi connectivity index (χ2n) is 9.42. The number of hydrogen-bond donors (Lipinski definition) is 4. The van der Waals surface area contributed by atoms with Crippen LogP contribution >= 0.6 is 0 Å².